The molecule has 3 nitrogen and oxygen atoms in total. The quantitative estimate of drug-likeness (QED) is 0.764. The van der Waals surface area contributed by atoms with E-state index < -0.39 is 0 Å². The van der Waals surface area contributed by atoms with Crippen LogP contribution in [0.15, 0.2) is 44.1 Å². The normalized spacial score (nSPS) is 20.8. The maximum absolute atomic E-state index is 11.5. The molecule has 0 saturated heterocycles. The van der Waals surface area contributed by atoms with Crippen LogP contribution in [0.5, 0.6) is 5.75 Å². The third-order valence-electron chi connectivity index (χ3n) is 3.94. The molecule has 1 aromatic carbocycles. The molecule has 0 unspecified atom stereocenters. The minimum atomic E-state index is -0.338. The number of halogens is 1. The number of hydrogen-bond acceptors (Lipinski definition) is 3. The Morgan fingerprint density at radius 3 is 2.95 bits per heavy atom. The molecule has 0 N–H and O–H groups in total. The molecule has 1 saturated carbocycles. The number of allylic oxidation sites excluding steroid dienone is 1. The number of ether oxygens (including phenoxy) is 1. The lowest BCUT2D eigenvalue weighted by Crippen LogP contribution is -2.14. The Balaban J connectivity index is 1.95. The van der Waals surface area contributed by atoms with Crippen molar-refractivity contribution in [3.63, 3.8) is 0 Å². The van der Waals surface area contributed by atoms with E-state index in [0.29, 0.717) is 11.3 Å². The van der Waals surface area contributed by atoms with E-state index in [1.165, 1.54) is 11.6 Å². The van der Waals surface area contributed by atoms with Gasteiger partial charge in [-0.1, -0.05) is 11.6 Å². The van der Waals surface area contributed by atoms with E-state index in [1.807, 2.05) is 26.0 Å². The molecule has 1 heterocycles. The van der Waals surface area contributed by atoms with Gasteiger partial charge in [-0.25, -0.2) is 4.79 Å². The van der Waals surface area contributed by atoms with Crippen LogP contribution in [0.25, 0.3) is 11.0 Å². The largest absolute Gasteiger partial charge is 0.486 e. The number of rotatable bonds is 2. The van der Waals surface area contributed by atoms with Crippen LogP contribution in [0.3, 0.4) is 0 Å². The zero-order chi connectivity index (χ0) is 15.0. The Bertz CT molecular complexity index is 769. The Kier molecular flexibility index (Phi) is 3.77. The molecule has 1 aliphatic carbocycles. The molecule has 0 amide bonds. The van der Waals surface area contributed by atoms with E-state index in [9.17, 15) is 4.79 Å². The molecular weight excluding hydrogens is 288 g/mol. The molecule has 4 heteroatoms. The van der Waals surface area contributed by atoms with E-state index in [-0.39, 0.29) is 11.7 Å². The summed E-state index contributed by atoms with van der Waals surface area (Å²) in [6.45, 7) is 3.80. The first-order valence-electron chi connectivity index (χ1n) is 7.11. The maximum Gasteiger partial charge on any atom is 0.336 e. The van der Waals surface area contributed by atoms with Gasteiger partial charge in [-0.15, -0.1) is 0 Å². The summed E-state index contributed by atoms with van der Waals surface area (Å²) in [5.74, 6) is 0.707. The summed E-state index contributed by atoms with van der Waals surface area (Å²) in [6.07, 6.45) is 3.07. The monoisotopic (exact) mass is 304 g/mol. The van der Waals surface area contributed by atoms with Crippen LogP contribution >= 0.6 is 11.6 Å². The highest BCUT2D eigenvalue weighted by Gasteiger charge is 2.24. The second-order valence-electron chi connectivity index (χ2n) is 5.46. The summed E-state index contributed by atoms with van der Waals surface area (Å²) in [7, 11) is 0. The van der Waals surface area contributed by atoms with Crippen LogP contribution in [0.4, 0.5) is 0 Å². The molecule has 0 aliphatic heterocycles. The lowest BCUT2D eigenvalue weighted by atomic mass is 10.1. The molecular formula is C17H17ClO3. The smallest absolute Gasteiger partial charge is 0.336 e. The van der Waals surface area contributed by atoms with Crippen molar-refractivity contribution in [3.8, 4) is 5.75 Å². The van der Waals surface area contributed by atoms with Crippen LogP contribution in [-0.4, -0.2) is 6.10 Å². The average Bonchev–Trinajstić information content (AvgIpc) is 2.86. The summed E-state index contributed by atoms with van der Waals surface area (Å²) in [5.41, 5.74) is 2.30. The molecule has 2 aromatic rings. The van der Waals surface area contributed by atoms with Crippen LogP contribution in [0.1, 0.15) is 31.7 Å². The number of benzene rings is 1. The zero-order valence-corrected chi connectivity index (χ0v) is 12.9. The Hall–Kier alpha value is -1.74. The topological polar surface area (TPSA) is 39.4 Å². The summed E-state index contributed by atoms with van der Waals surface area (Å²) in [5, 5.41) is 1.75. The Labute approximate surface area is 128 Å². The first-order chi connectivity index (χ1) is 10.0. The van der Waals surface area contributed by atoms with Gasteiger partial charge in [0, 0.05) is 22.6 Å². The van der Waals surface area contributed by atoms with Gasteiger partial charge in [-0.2, -0.15) is 0 Å². The predicted molar refractivity (Wildman–Crippen MR) is 84.0 cm³/mol. The van der Waals surface area contributed by atoms with Gasteiger partial charge in [0.25, 0.3) is 0 Å². The number of fused-ring (bicyclic) bond motifs is 1. The molecule has 110 valence electrons. The van der Waals surface area contributed by atoms with Crippen molar-refractivity contribution in [2.45, 2.75) is 39.2 Å². The zero-order valence-electron chi connectivity index (χ0n) is 12.1. The van der Waals surface area contributed by atoms with Crippen molar-refractivity contribution in [1.29, 1.82) is 0 Å². The SMILES string of the molecule is C/C(Cl)=C1/CCC[C@H]1Oc1ccc2c(C)cc(=O)oc2c1. The molecule has 21 heavy (non-hydrogen) atoms. The lowest BCUT2D eigenvalue weighted by molar-refractivity contribution is 0.243. The molecule has 1 aromatic heterocycles. The van der Waals surface area contributed by atoms with Crippen molar-refractivity contribution in [3.05, 3.63) is 50.9 Å². The van der Waals surface area contributed by atoms with E-state index in [1.54, 1.807) is 6.07 Å². The first-order valence-corrected chi connectivity index (χ1v) is 7.49. The summed E-state index contributed by atoms with van der Waals surface area (Å²) in [4.78, 5) is 11.5. The summed E-state index contributed by atoms with van der Waals surface area (Å²) in [6, 6.07) is 7.12. The Morgan fingerprint density at radius 1 is 1.38 bits per heavy atom. The van der Waals surface area contributed by atoms with Gasteiger partial charge in [-0.05, 0) is 56.4 Å². The van der Waals surface area contributed by atoms with Gasteiger partial charge < -0.3 is 9.15 Å². The number of aryl methyl sites for hydroxylation is 1. The second kappa shape index (κ2) is 5.57. The van der Waals surface area contributed by atoms with Gasteiger partial charge in [0.1, 0.15) is 17.4 Å². The predicted octanol–water partition coefficient (Wildman–Crippen LogP) is 4.55. The fraction of sp³-hybridized carbons (Fsp3) is 0.353. The third-order valence-corrected chi connectivity index (χ3v) is 4.19. The fourth-order valence-electron chi connectivity index (χ4n) is 2.88. The second-order valence-corrected chi connectivity index (χ2v) is 6.03. The van der Waals surface area contributed by atoms with E-state index in [4.69, 9.17) is 20.8 Å². The molecule has 1 atom stereocenters. The Morgan fingerprint density at radius 2 is 2.19 bits per heavy atom. The van der Waals surface area contributed by atoms with Gasteiger partial charge in [0.2, 0.25) is 0 Å². The minimum absolute atomic E-state index is 0.0245. The minimum Gasteiger partial charge on any atom is -0.486 e. The van der Waals surface area contributed by atoms with E-state index in [0.717, 1.165) is 35.2 Å². The van der Waals surface area contributed by atoms with Crippen molar-refractivity contribution in [1.82, 2.24) is 0 Å². The van der Waals surface area contributed by atoms with Gasteiger partial charge >= 0.3 is 5.63 Å². The van der Waals surface area contributed by atoms with Crippen LogP contribution in [-0.2, 0) is 0 Å². The van der Waals surface area contributed by atoms with Gasteiger partial charge in [0.15, 0.2) is 0 Å². The highest BCUT2D eigenvalue weighted by molar-refractivity contribution is 6.29. The van der Waals surface area contributed by atoms with Crippen molar-refractivity contribution < 1.29 is 9.15 Å². The van der Waals surface area contributed by atoms with Crippen LogP contribution in [0, 0.1) is 6.92 Å². The van der Waals surface area contributed by atoms with Crippen molar-refractivity contribution >= 4 is 22.6 Å². The van der Waals surface area contributed by atoms with Crippen LogP contribution < -0.4 is 10.4 Å². The lowest BCUT2D eigenvalue weighted by Gasteiger charge is -2.16. The van der Waals surface area contributed by atoms with Gasteiger partial charge in [0.05, 0.1) is 0 Å². The van der Waals surface area contributed by atoms with Crippen LogP contribution in [0.2, 0.25) is 0 Å². The van der Waals surface area contributed by atoms with Gasteiger partial charge in [-0.3, -0.25) is 0 Å². The number of hydrogen-bond donors (Lipinski definition) is 0. The van der Waals surface area contributed by atoms with Crippen molar-refractivity contribution in [2.24, 2.45) is 0 Å². The average molecular weight is 305 g/mol. The molecule has 0 spiro atoms. The summed E-state index contributed by atoms with van der Waals surface area (Å²) >= 11 is 6.12. The molecule has 0 bridgehead atoms. The first kappa shape index (κ1) is 14.2. The highest BCUT2D eigenvalue weighted by atomic mass is 35.5. The van der Waals surface area contributed by atoms with Crippen molar-refractivity contribution in [2.75, 3.05) is 0 Å². The molecule has 3 rings (SSSR count). The third kappa shape index (κ3) is 2.84. The van der Waals surface area contributed by atoms with E-state index >= 15 is 0 Å². The summed E-state index contributed by atoms with van der Waals surface area (Å²) < 4.78 is 11.3. The maximum atomic E-state index is 11.5. The standard InChI is InChI=1S/C17H17ClO3/c1-10-8-17(19)21-16-9-12(6-7-13(10)16)20-15-5-3-4-14(15)11(2)18/h6-9,15H,3-5H2,1-2H3/b14-11+/t15-/m1/s1. The molecule has 1 aliphatic rings. The highest BCUT2D eigenvalue weighted by Crippen LogP contribution is 2.33. The fourth-order valence-corrected chi connectivity index (χ4v) is 3.10. The molecule has 0 radical (unpaired) electrons. The molecule has 1 fully saturated rings. The van der Waals surface area contributed by atoms with E-state index in [2.05, 4.69) is 0 Å².